The molecular formula is C18H20N4O3. The van der Waals surface area contributed by atoms with Gasteiger partial charge in [0.1, 0.15) is 5.69 Å². The zero-order valence-electron chi connectivity index (χ0n) is 14.0. The highest BCUT2D eigenvalue weighted by molar-refractivity contribution is 6.08. The zero-order valence-corrected chi connectivity index (χ0v) is 14.0. The lowest BCUT2D eigenvalue weighted by atomic mass is 10.1. The summed E-state index contributed by atoms with van der Waals surface area (Å²) in [5, 5.41) is 9.40. The highest BCUT2D eigenvalue weighted by Crippen LogP contribution is 2.15. The van der Waals surface area contributed by atoms with Crippen LogP contribution in [0.15, 0.2) is 53.8 Å². The van der Waals surface area contributed by atoms with E-state index in [1.807, 2.05) is 6.92 Å². The molecule has 0 aliphatic carbocycles. The van der Waals surface area contributed by atoms with Gasteiger partial charge in [-0.3, -0.25) is 14.4 Å². The van der Waals surface area contributed by atoms with Gasteiger partial charge in [0.2, 0.25) is 0 Å². The second kappa shape index (κ2) is 8.58. The second-order valence-corrected chi connectivity index (χ2v) is 5.28. The van der Waals surface area contributed by atoms with E-state index in [0.29, 0.717) is 24.3 Å². The summed E-state index contributed by atoms with van der Waals surface area (Å²) in [5.74, 6) is -0.812. The number of hydrogen-bond donors (Lipinski definition) is 2. The zero-order chi connectivity index (χ0) is 18.2. The van der Waals surface area contributed by atoms with Gasteiger partial charge in [-0.2, -0.15) is 5.10 Å². The number of rotatable bonds is 7. The van der Waals surface area contributed by atoms with Gasteiger partial charge in [0, 0.05) is 19.2 Å². The average molecular weight is 340 g/mol. The molecule has 0 fully saturated rings. The highest BCUT2D eigenvalue weighted by Gasteiger charge is 2.15. The first-order valence-electron chi connectivity index (χ1n) is 7.94. The molecule has 7 heteroatoms. The van der Waals surface area contributed by atoms with Crippen LogP contribution in [0.4, 0.5) is 5.69 Å². The number of anilines is 1. The van der Waals surface area contributed by atoms with Crippen molar-refractivity contribution in [2.45, 2.75) is 19.9 Å². The van der Waals surface area contributed by atoms with Crippen LogP contribution in [0, 0.1) is 0 Å². The molecule has 130 valence electrons. The van der Waals surface area contributed by atoms with Crippen molar-refractivity contribution < 1.29 is 9.59 Å². The summed E-state index contributed by atoms with van der Waals surface area (Å²) in [4.78, 5) is 36.3. The molecule has 1 aromatic carbocycles. The van der Waals surface area contributed by atoms with Gasteiger partial charge in [-0.25, -0.2) is 4.68 Å². The number of para-hydroxylation sites is 1. The molecular weight excluding hydrogens is 320 g/mol. The number of carbonyl (C=O) groups is 2. The Kier molecular flexibility index (Phi) is 6.22. The van der Waals surface area contributed by atoms with Crippen molar-refractivity contribution in [1.29, 1.82) is 0 Å². The minimum absolute atomic E-state index is 0.106. The smallest absolute Gasteiger partial charge is 0.276 e. The lowest BCUT2D eigenvalue weighted by Gasteiger charge is -2.11. The van der Waals surface area contributed by atoms with Crippen molar-refractivity contribution in [2.75, 3.05) is 11.9 Å². The molecule has 2 aromatic rings. The van der Waals surface area contributed by atoms with Crippen molar-refractivity contribution in [1.82, 2.24) is 15.1 Å². The Bertz CT molecular complexity index is 842. The molecule has 2 N–H and O–H groups in total. The fourth-order valence-electron chi connectivity index (χ4n) is 2.18. The lowest BCUT2D eigenvalue weighted by molar-refractivity contribution is 0.0959. The third-order valence-corrected chi connectivity index (χ3v) is 3.36. The van der Waals surface area contributed by atoms with Crippen molar-refractivity contribution in [3.05, 3.63) is 70.7 Å². The number of benzene rings is 1. The van der Waals surface area contributed by atoms with E-state index in [2.05, 4.69) is 22.3 Å². The first-order chi connectivity index (χ1) is 12.1. The Balaban J connectivity index is 2.24. The topological polar surface area (TPSA) is 93.1 Å². The van der Waals surface area contributed by atoms with E-state index in [1.165, 1.54) is 16.8 Å². The van der Waals surface area contributed by atoms with Crippen LogP contribution in [0.5, 0.6) is 0 Å². The standard InChI is InChI=1S/C18H20N4O3/c1-3-11-19-17(24)13-7-5-6-8-14(13)20-18(25)15-9-10-16(23)22(21-15)12-4-2/h3,5-10H,1,4,11-12H2,2H3,(H,19,24)(H,20,25). The second-order valence-electron chi connectivity index (χ2n) is 5.28. The summed E-state index contributed by atoms with van der Waals surface area (Å²) in [6.07, 6.45) is 2.30. The van der Waals surface area contributed by atoms with Crippen LogP contribution in [0.2, 0.25) is 0 Å². The van der Waals surface area contributed by atoms with Gasteiger partial charge in [0.05, 0.1) is 11.3 Å². The van der Waals surface area contributed by atoms with Crippen LogP contribution in [0.3, 0.4) is 0 Å². The van der Waals surface area contributed by atoms with Crippen molar-refractivity contribution >= 4 is 17.5 Å². The predicted molar refractivity (Wildman–Crippen MR) is 95.7 cm³/mol. The Morgan fingerprint density at radius 2 is 1.96 bits per heavy atom. The Morgan fingerprint density at radius 3 is 2.68 bits per heavy atom. The number of amides is 2. The van der Waals surface area contributed by atoms with Crippen LogP contribution in [-0.4, -0.2) is 28.1 Å². The first kappa shape index (κ1) is 18.1. The van der Waals surface area contributed by atoms with Crippen molar-refractivity contribution in [3.8, 4) is 0 Å². The Morgan fingerprint density at radius 1 is 1.20 bits per heavy atom. The third kappa shape index (κ3) is 4.63. The molecule has 0 unspecified atom stereocenters. The van der Waals surface area contributed by atoms with Gasteiger partial charge >= 0.3 is 0 Å². The number of hydrogen-bond acceptors (Lipinski definition) is 4. The van der Waals surface area contributed by atoms with Crippen LogP contribution in [0.1, 0.15) is 34.2 Å². The van der Waals surface area contributed by atoms with E-state index < -0.39 is 5.91 Å². The number of carbonyl (C=O) groups excluding carboxylic acids is 2. The van der Waals surface area contributed by atoms with E-state index in [9.17, 15) is 14.4 Å². The molecule has 2 amide bonds. The maximum Gasteiger partial charge on any atom is 0.276 e. The third-order valence-electron chi connectivity index (χ3n) is 3.36. The molecule has 1 aromatic heterocycles. The SMILES string of the molecule is C=CCNC(=O)c1ccccc1NC(=O)c1ccc(=O)n(CCC)n1. The molecule has 0 saturated heterocycles. The number of aryl methyl sites for hydroxylation is 1. The van der Waals surface area contributed by atoms with Gasteiger partial charge in [-0.15, -0.1) is 6.58 Å². The maximum atomic E-state index is 12.4. The molecule has 1 heterocycles. The van der Waals surface area contributed by atoms with Gasteiger partial charge < -0.3 is 10.6 Å². The molecule has 0 spiro atoms. The monoisotopic (exact) mass is 340 g/mol. The Hall–Kier alpha value is -3.22. The van der Waals surface area contributed by atoms with Gasteiger partial charge in [-0.05, 0) is 24.6 Å². The van der Waals surface area contributed by atoms with E-state index in [-0.39, 0.29) is 17.2 Å². The molecule has 0 bridgehead atoms. The van der Waals surface area contributed by atoms with Crippen LogP contribution in [0.25, 0.3) is 0 Å². The fraction of sp³-hybridized carbons (Fsp3) is 0.222. The minimum atomic E-state index is -0.492. The molecule has 0 aliphatic rings. The van der Waals surface area contributed by atoms with Crippen LogP contribution in [-0.2, 0) is 6.54 Å². The largest absolute Gasteiger partial charge is 0.349 e. The van der Waals surface area contributed by atoms with Gasteiger partial charge in [-0.1, -0.05) is 25.1 Å². The molecule has 0 saturated carbocycles. The average Bonchev–Trinajstić information content (AvgIpc) is 2.62. The van der Waals surface area contributed by atoms with Gasteiger partial charge in [0.25, 0.3) is 17.4 Å². The fourth-order valence-corrected chi connectivity index (χ4v) is 2.18. The quantitative estimate of drug-likeness (QED) is 0.752. The van der Waals surface area contributed by atoms with E-state index in [0.717, 1.165) is 6.42 Å². The molecule has 0 aliphatic heterocycles. The summed E-state index contributed by atoms with van der Waals surface area (Å²) in [7, 11) is 0. The van der Waals surface area contributed by atoms with Crippen molar-refractivity contribution in [3.63, 3.8) is 0 Å². The first-order valence-corrected chi connectivity index (χ1v) is 7.94. The summed E-state index contributed by atoms with van der Waals surface area (Å²) in [6.45, 7) is 6.22. The summed E-state index contributed by atoms with van der Waals surface area (Å²) in [5.41, 5.74) is 0.542. The molecule has 0 radical (unpaired) electrons. The minimum Gasteiger partial charge on any atom is -0.349 e. The summed E-state index contributed by atoms with van der Waals surface area (Å²) < 4.78 is 1.25. The van der Waals surface area contributed by atoms with E-state index in [4.69, 9.17) is 0 Å². The van der Waals surface area contributed by atoms with E-state index >= 15 is 0 Å². The maximum absolute atomic E-state index is 12.4. The molecule has 7 nitrogen and oxygen atoms in total. The number of nitrogens with zero attached hydrogens (tertiary/aromatic N) is 2. The highest BCUT2D eigenvalue weighted by atomic mass is 16.2. The Labute approximate surface area is 145 Å². The van der Waals surface area contributed by atoms with Crippen LogP contribution >= 0.6 is 0 Å². The number of nitrogens with one attached hydrogen (secondary N) is 2. The summed E-state index contributed by atoms with van der Waals surface area (Å²) >= 11 is 0. The van der Waals surface area contributed by atoms with Gasteiger partial charge in [0.15, 0.2) is 0 Å². The van der Waals surface area contributed by atoms with Crippen LogP contribution < -0.4 is 16.2 Å². The normalized spacial score (nSPS) is 10.1. The number of aromatic nitrogens is 2. The molecule has 2 rings (SSSR count). The lowest BCUT2D eigenvalue weighted by Crippen LogP contribution is -2.27. The van der Waals surface area contributed by atoms with E-state index in [1.54, 1.807) is 30.3 Å². The predicted octanol–water partition coefficient (Wildman–Crippen LogP) is 1.82. The van der Waals surface area contributed by atoms with Crippen molar-refractivity contribution in [2.24, 2.45) is 0 Å². The molecule has 0 atom stereocenters. The molecule has 25 heavy (non-hydrogen) atoms. The summed E-state index contributed by atoms with van der Waals surface area (Å²) in [6, 6.07) is 9.33.